The molecule has 1 aliphatic rings. The molecule has 0 bridgehead atoms. The summed E-state index contributed by atoms with van der Waals surface area (Å²) >= 11 is 6.82. The predicted molar refractivity (Wildman–Crippen MR) is 162 cm³/mol. The van der Waals surface area contributed by atoms with E-state index in [1.807, 2.05) is 77.6 Å². The highest BCUT2D eigenvalue weighted by atomic mass is 32.2. The monoisotopic (exact) mass is 563 g/mol. The summed E-state index contributed by atoms with van der Waals surface area (Å²) in [6.07, 6.45) is 5.39. The molecule has 0 aliphatic carbocycles. The van der Waals surface area contributed by atoms with Gasteiger partial charge in [0, 0.05) is 17.3 Å². The highest BCUT2D eigenvalue weighted by Gasteiger charge is 2.33. The summed E-state index contributed by atoms with van der Waals surface area (Å²) in [6, 6.07) is 29.7. The van der Waals surface area contributed by atoms with Crippen molar-refractivity contribution in [2.75, 3.05) is 0 Å². The van der Waals surface area contributed by atoms with Gasteiger partial charge in [-0.3, -0.25) is 9.69 Å². The van der Waals surface area contributed by atoms with Crippen molar-refractivity contribution < 1.29 is 13.9 Å². The van der Waals surface area contributed by atoms with E-state index in [1.165, 1.54) is 17.3 Å². The Morgan fingerprint density at radius 3 is 2.60 bits per heavy atom. The van der Waals surface area contributed by atoms with Gasteiger partial charge in [-0.2, -0.15) is 5.10 Å². The minimum absolute atomic E-state index is 0.153. The zero-order valence-corrected chi connectivity index (χ0v) is 23.3. The first-order valence-corrected chi connectivity index (χ1v) is 14.0. The molecular weight excluding hydrogens is 539 g/mol. The van der Waals surface area contributed by atoms with E-state index in [1.54, 1.807) is 17.2 Å². The van der Waals surface area contributed by atoms with Crippen LogP contribution in [0.4, 0.5) is 0 Å². The molecule has 0 saturated carbocycles. The van der Waals surface area contributed by atoms with E-state index in [9.17, 15) is 4.79 Å². The lowest BCUT2D eigenvalue weighted by atomic mass is 10.1. The molecular formula is C32H25N3O3S2. The van der Waals surface area contributed by atoms with Gasteiger partial charge in [0.15, 0.2) is 0 Å². The number of carbonyl (C=O) groups is 1. The number of para-hydroxylation sites is 1. The maximum absolute atomic E-state index is 13.3. The molecule has 0 atom stereocenters. The normalized spacial score (nSPS) is 14.3. The van der Waals surface area contributed by atoms with Crippen LogP contribution >= 0.6 is 24.0 Å². The first-order valence-electron chi connectivity index (χ1n) is 12.7. The Hall–Kier alpha value is -4.40. The maximum atomic E-state index is 13.3. The molecule has 0 radical (unpaired) electrons. The Kier molecular flexibility index (Phi) is 7.35. The third-order valence-electron chi connectivity index (χ3n) is 6.45. The predicted octanol–water partition coefficient (Wildman–Crippen LogP) is 7.42. The first kappa shape index (κ1) is 25.9. The van der Waals surface area contributed by atoms with E-state index in [4.69, 9.17) is 26.5 Å². The summed E-state index contributed by atoms with van der Waals surface area (Å²) in [5, 5.41) is 4.92. The number of aryl methyl sites for hydroxylation is 1. The summed E-state index contributed by atoms with van der Waals surface area (Å²) in [5.74, 6) is 1.26. The summed E-state index contributed by atoms with van der Waals surface area (Å²) in [7, 11) is 0. The van der Waals surface area contributed by atoms with Crippen molar-refractivity contribution in [3.8, 4) is 22.7 Å². The van der Waals surface area contributed by atoms with Crippen LogP contribution < -0.4 is 4.74 Å². The molecule has 5 aromatic rings. The average molecular weight is 564 g/mol. The Balaban J connectivity index is 1.32. The zero-order chi connectivity index (χ0) is 27.5. The number of benzene rings is 3. The number of thiocarbonyl (C=S) groups is 1. The number of carbonyl (C=O) groups excluding carboxylic acids is 1. The Labute approximate surface area is 241 Å². The largest absolute Gasteiger partial charge is 0.489 e. The summed E-state index contributed by atoms with van der Waals surface area (Å²) < 4.78 is 13.9. The lowest BCUT2D eigenvalue weighted by molar-refractivity contribution is -0.122. The van der Waals surface area contributed by atoms with Crippen LogP contribution in [0.2, 0.25) is 0 Å². The van der Waals surface area contributed by atoms with Crippen molar-refractivity contribution in [3.63, 3.8) is 0 Å². The molecule has 1 fully saturated rings. The Morgan fingerprint density at radius 1 is 1.00 bits per heavy atom. The van der Waals surface area contributed by atoms with Crippen molar-refractivity contribution >= 4 is 40.3 Å². The van der Waals surface area contributed by atoms with Gasteiger partial charge in [0.05, 0.1) is 23.4 Å². The molecule has 0 spiro atoms. The van der Waals surface area contributed by atoms with Gasteiger partial charge in [-0.1, -0.05) is 84.1 Å². The van der Waals surface area contributed by atoms with Gasteiger partial charge in [0.1, 0.15) is 28.1 Å². The fraction of sp³-hybridized carbons (Fsp3) is 0.0938. The fourth-order valence-electron chi connectivity index (χ4n) is 4.35. The second-order valence-corrected chi connectivity index (χ2v) is 11.0. The number of amides is 1. The fourth-order valence-corrected chi connectivity index (χ4v) is 5.60. The molecule has 3 heterocycles. The van der Waals surface area contributed by atoms with Gasteiger partial charge < -0.3 is 9.15 Å². The van der Waals surface area contributed by atoms with Crippen LogP contribution in [0.1, 0.15) is 22.5 Å². The molecule has 3 aromatic carbocycles. The van der Waals surface area contributed by atoms with Gasteiger partial charge in [-0.25, -0.2) is 4.68 Å². The first-order chi connectivity index (χ1) is 19.5. The van der Waals surface area contributed by atoms with E-state index in [0.29, 0.717) is 28.1 Å². The quantitative estimate of drug-likeness (QED) is 0.145. The van der Waals surface area contributed by atoms with Gasteiger partial charge in [-0.05, 0) is 55.0 Å². The van der Waals surface area contributed by atoms with Crippen molar-refractivity contribution in [2.45, 2.75) is 20.1 Å². The Morgan fingerprint density at radius 2 is 1.82 bits per heavy atom. The summed E-state index contributed by atoms with van der Waals surface area (Å²) in [5.41, 5.74) is 5.65. The van der Waals surface area contributed by atoms with E-state index in [2.05, 4.69) is 31.2 Å². The average Bonchev–Trinajstić information content (AvgIpc) is 3.71. The van der Waals surface area contributed by atoms with Crippen LogP contribution in [0.15, 0.2) is 113 Å². The van der Waals surface area contributed by atoms with Gasteiger partial charge in [0.25, 0.3) is 5.91 Å². The van der Waals surface area contributed by atoms with Crippen molar-refractivity contribution in [2.24, 2.45) is 0 Å². The van der Waals surface area contributed by atoms with Crippen LogP contribution in [-0.4, -0.2) is 24.9 Å². The van der Waals surface area contributed by atoms with Crippen LogP contribution in [0.5, 0.6) is 5.75 Å². The number of furan rings is 1. The maximum Gasteiger partial charge on any atom is 0.266 e. The van der Waals surface area contributed by atoms with Crippen molar-refractivity contribution in [3.05, 3.63) is 131 Å². The SMILES string of the molecule is Cc1ccc(COc2cccc(-c3nn(-c4ccccc4)cc3/C=C3\SC(=S)N(Cc4ccco4)C3=O)c2)cc1. The van der Waals surface area contributed by atoms with E-state index in [-0.39, 0.29) is 5.91 Å². The van der Waals surface area contributed by atoms with E-state index >= 15 is 0 Å². The highest BCUT2D eigenvalue weighted by molar-refractivity contribution is 8.26. The second kappa shape index (κ2) is 11.4. The molecule has 0 unspecified atom stereocenters. The number of nitrogens with zero attached hydrogens (tertiary/aromatic N) is 3. The molecule has 1 aliphatic heterocycles. The molecule has 6 nitrogen and oxygen atoms in total. The van der Waals surface area contributed by atoms with Crippen LogP contribution in [0, 0.1) is 6.92 Å². The van der Waals surface area contributed by atoms with Crippen molar-refractivity contribution in [1.82, 2.24) is 14.7 Å². The van der Waals surface area contributed by atoms with E-state index in [0.717, 1.165) is 33.8 Å². The number of hydrogen-bond donors (Lipinski definition) is 0. The van der Waals surface area contributed by atoms with Crippen molar-refractivity contribution in [1.29, 1.82) is 0 Å². The van der Waals surface area contributed by atoms with Gasteiger partial charge >= 0.3 is 0 Å². The molecule has 6 rings (SSSR count). The molecule has 0 N–H and O–H groups in total. The lowest BCUT2D eigenvalue weighted by Crippen LogP contribution is -2.27. The molecule has 198 valence electrons. The third-order valence-corrected chi connectivity index (χ3v) is 7.83. The molecule has 1 saturated heterocycles. The van der Waals surface area contributed by atoms with Gasteiger partial charge in [-0.15, -0.1) is 0 Å². The second-order valence-electron chi connectivity index (χ2n) is 9.36. The number of rotatable bonds is 8. The lowest BCUT2D eigenvalue weighted by Gasteiger charge is -2.11. The van der Waals surface area contributed by atoms with Gasteiger partial charge in [0.2, 0.25) is 0 Å². The standard InChI is InChI=1S/C32H25N3O3S2/c1-22-12-14-23(15-13-22)21-38-27-10-5-7-24(17-27)30-25(19-35(33-30)26-8-3-2-4-9-26)18-29-31(36)34(32(39)40-29)20-28-11-6-16-37-28/h2-19H,20-21H2,1H3/b29-18-. The molecule has 40 heavy (non-hydrogen) atoms. The number of thioether (sulfide) groups is 1. The highest BCUT2D eigenvalue weighted by Crippen LogP contribution is 2.36. The minimum atomic E-state index is -0.153. The van der Waals surface area contributed by atoms with Crippen LogP contribution in [0.25, 0.3) is 23.0 Å². The summed E-state index contributed by atoms with van der Waals surface area (Å²) in [6.45, 7) is 2.83. The molecule has 2 aromatic heterocycles. The van der Waals surface area contributed by atoms with E-state index < -0.39 is 0 Å². The van der Waals surface area contributed by atoms with Crippen LogP contribution in [-0.2, 0) is 17.9 Å². The van der Waals surface area contributed by atoms with Crippen LogP contribution in [0.3, 0.4) is 0 Å². The number of ether oxygens (including phenoxy) is 1. The molecule has 1 amide bonds. The Bertz CT molecular complexity index is 1690. The number of hydrogen-bond acceptors (Lipinski definition) is 6. The molecule has 8 heteroatoms. The third kappa shape index (κ3) is 5.64. The summed E-state index contributed by atoms with van der Waals surface area (Å²) in [4.78, 5) is 15.4. The zero-order valence-electron chi connectivity index (χ0n) is 21.7. The minimum Gasteiger partial charge on any atom is -0.489 e. The number of aromatic nitrogens is 2. The topological polar surface area (TPSA) is 60.5 Å². The smallest absolute Gasteiger partial charge is 0.266 e.